The number of benzene rings is 1. The SMILES string of the molecule is CC(C)(C)C(O)C(=Cc1cccnc1)Oc1ccc(Br)cc1Br. The van der Waals surface area contributed by atoms with E-state index >= 15 is 0 Å². The van der Waals surface area contributed by atoms with Gasteiger partial charge in [-0.15, -0.1) is 0 Å². The zero-order valence-electron chi connectivity index (χ0n) is 13.3. The molecule has 1 atom stereocenters. The molecule has 1 heterocycles. The van der Waals surface area contributed by atoms with Gasteiger partial charge in [-0.25, -0.2) is 0 Å². The van der Waals surface area contributed by atoms with Gasteiger partial charge in [-0.2, -0.15) is 0 Å². The minimum atomic E-state index is -0.752. The van der Waals surface area contributed by atoms with Gasteiger partial charge >= 0.3 is 0 Å². The number of halogens is 2. The average molecular weight is 441 g/mol. The van der Waals surface area contributed by atoms with Crippen LogP contribution in [0.1, 0.15) is 26.3 Å². The van der Waals surface area contributed by atoms with E-state index in [1.54, 1.807) is 12.4 Å². The summed E-state index contributed by atoms with van der Waals surface area (Å²) in [4.78, 5) is 4.10. The Hall–Kier alpha value is -1.17. The summed E-state index contributed by atoms with van der Waals surface area (Å²) in [6.45, 7) is 5.90. The topological polar surface area (TPSA) is 42.4 Å². The second kappa shape index (κ2) is 7.60. The van der Waals surface area contributed by atoms with E-state index in [1.165, 1.54) is 0 Å². The standard InChI is InChI=1S/C18H19Br2NO2/c1-18(2,3)17(22)16(9-12-5-4-8-21-11-12)23-15-7-6-13(19)10-14(15)20/h4-11,17,22H,1-3H3. The van der Waals surface area contributed by atoms with E-state index in [-0.39, 0.29) is 5.41 Å². The molecule has 1 unspecified atom stereocenters. The Bertz CT molecular complexity index is 694. The van der Waals surface area contributed by atoms with Crippen molar-refractivity contribution < 1.29 is 9.84 Å². The van der Waals surface area contributed by atoms with Gasteiger partial charge in [0.25, 0.3) is 0 Å². The second-order valence-electron chi connectivity index (χ2n) is 6.28. The fourth-order valence-corrected chi connectivity index (χ4v) is 3.03. The van der Waals surface area contributed by atoms with Crippen LogP contribution < -0.4 is 4.74 Å². The second-order valence-corrected chi connectivity index (χ2v) is 8.05. The first-order valence-corrected chi connectivity index (χ1v) is 8.78. The van der Waals surface area contributed by atoms with E-state index in [4.69, 9.17) is 4.74 Å². The van der Waals surface area contributed by atoms with Gasteiger partial charge in [0.2, 0.25) is 0 Å². The zero-order chi connectivity index (χ0) is 17.0. The molecule has 0 saturated carbocycles. The Morgan fingerprint density at radius 2 is 2.00 bits per heavy atom. The number of aromatic nitrogens is 1. The third-order valence-corrected chi connectivity index (χ3v) is 4.32. The summed E-state index contributed by atoms with van der Waals surface area (Å²) < 4.78 is 7.77. The lowest BCUT2D eigenvalue weighted by molar-refractivity contribution is 0.0640. The maximum absolute atomic E-state index is 10.7. The molecule has 1 N–H and O–H groups in total. The first-order chi connectivity index (χ1) is 10.8. The number of nitrogens with zero attached hydrogens (tertiary/aromatic N) is 1. The minimum Gasteiger partial charge on any atom is -0.458 e. The van der Waals surface area contributed by atoms with Gasteiger partial charge in [-0.3, -0.25) is 4.98 Å². The number of hydrogen-bond donors (Lipinski definition) is 1. The molecule has 0 aliphatic heterocycles. The predicted molar refractivity (Wildman–Crippen MR) is 100 cm³/mol. The molecule has 0 radical (unpaired) electrons. The Kier molecular flexibility index (Phi) is 6.00. The number of hydrogen-bond acceptors (Lipinski definition) is 3. The highest BCUT2D eigenvalue weighted by molar-refractivity contribution is 9.11. The molecule has 0 bridgehead atoms. The van der Waals surface area contributed by atoms with Crippen molar-refractivity contribution in [2.45, 2.75) is 26.9 Å². The Morgan fingerprint density at radius 1 is 1.26 bits per heavy atom. The molecule has 2 rings (SSSR count). The molecule has 5 heteroatoms. The van der Waals surface area contributed by atoms with E-state index in [9.17, 15) is 5.11 Å². The van der Waals surface area contributed by atoms with Crippen LogP contribution in [0.2, 0.25) is 0 Å². The summed E-state index contributed by atoms with van der Waals surface area (Å²) in [6, 6.07) is 9.41. The van der Waals surface area contributed by atoms with Crippen LogP contribution in [0.25, 0.3) is 6.08 Å². The highest BCUT2D eigenvalue weighted by Gasteiger charge is 2.28. The smallest absolute Gasteiger partial charge is 0.141 e. The number of aliphatic hydroxyl groups excluding tert-OH is 1. The molecule has 23 heavy (non-hydrogen) atoms. The lowest BCUT2D eigenvalue weighted by atomic mass is 9.87. The van der Waals surface area contributed by atoms with Gasteiger partial charge in [-0.1, -0.05) is 42.8 Å². The zero-order valence-corrected chi connectivity index (χ0v) is 16.4. The average Bonchev–Trinajstić information content (AvgIpc) is 2.48. The van der Waals surface area contributed by atoms with E-state index in [0.29, 0.717) is 11.5 Å². The third kappa shape index (κ3) is 5.16. The van der Waals surface area contributed by atoms with E-state index < -0.39 is 6.10 Å². The molecule has 0 aliphatic rings. The van der Waals surface area contributed by atoms with Crippen molar-refractivity contribution in [2.24, 2.45) is 5.41 Å². The van der Waals surface area contributed by atoms with Crippen LogP contribution in [0.5, 0.6) is 5.75 Å². The number of ether oxygens (including phenoxy) is 1. The highest BCUT2D eigenvalue weighted by Crippen LogP contribution is 2.33. The summed E-state index contributed by atoms with van der Waals surface area (Å²) in [5.41, 5.74) is 0.523. The van der Waals surface area contributed by atoms with Crippen molar-refractivity contribution in [3.63, 3.8) is 0 Å². The summed E-state index contributed by atoms with van der Waals surface area (Å²) >= 11 is 6.90. The van der Waals surface area contributed by atoms with Crippen LogP contribution in [0.15, 0.2) is 57.4 Å². The van der Waals surface area contributed by atoms with Gasteiger partial charge in [0.05, 0.1) is 4.47 Å². The van der Waals surface area contributed by atoms with Gasteiger partial charge < -0.3 is 9.84 Å². The molecular weight excluding hydrogens is 422 g/mol. The molecule has 0 fully saturated rings. The molecular formula is C18H19Br2NO2. The summed E-state index contributed by atoms with van der Waals surface area (Å²) in [7, 11) is 0. The summed E-state index contributed by atoms with van der Waals surface area (Å²) in [5, 5.41) is 10.7. The molecule has 0 amide bonds. The lowest BCUT2D eigenvalue weighted by Crippen LogP contribution is -2.30. The van der Waals surface area contributed by atoms with Gasteiger partial charge in [0.15, 0.2) is 0 Å². The Balaban J connectivity index is 2.39. The fourth-order valence-electron chi connectivity index (χ4n) is 1.90. The van der Waals surface area contributed by atoms with Crippen LogP contribution in [0.3, 0.4) is 0 Å². The number of aliphatic hydroxyl groups is 1. The summed E-state index contributed by atoms with van der Waals surface area (Å²) in [5.74, 6) is 1.13. The predicted octanol–water partition coefficient (Wildman–Crippen LogP) is 5.43. The van der Waals surface area contributed by atoms with Crippen LogP contribution in [0, 0.1) is 5.41 Å². The van der Waals surface area contributed by atoms with Gasteiger partial charge in [0.1, 0.15) is 17.6 Å². The van der Waals surface area contributed by atoms with Crippen molar-refractivity contribution in [1.29, 1.82) is 0 Å². The van der Waals surface area contributed by atoms with Crippen molar-refractivity contribution in [3.8, 4) is 5.75 Å². The summed E-state index contributed by atoms with van der Waals surface area (Å²) in [6.07, 6.45) is 4.51. The molecule has 3 nitrogen and oxygen atoms in total. The monoisotopic (exact) mass is 439 g/mol. The number of pyridine rings is 1. The Labute approximate surface area is 153 Å². The third-order valence-electron chi connectivity index (χ3n) is 3.20. The van der Waals surface area contributed by atoms with Crippen molar-refractivity contribution in [2.75, 3.05) is 0 Å². The lowest BCUT2D eigenvalue weighted by Gasteiger charge is -2.28. The number of rotatable bonds is 4. The fraction of sp³-hybridized carbons (Fsp3) is 0.278. The molecule has 1 aromatic carbocycles. The quantitative estimate of drug-likeness (QED) is 0.644. The van der Waals surface area contributed by atoms with E-state index in [1.807, 2.05) is 57.2 Å². The first kappa shape index (κ1) is 18.2. The Morgan fingerprint density at radius 3 is 2.57 bits per heavy atom. The van der Waals surface area contributed by atoms with Crippen LogP contribution in [-0.4, -0.2) is 16.2 Å². The molecule has 122 valence electrons. The highest BCUT2D eigenvalue weighted by atomic mass is 79.9. The molecule has 0 aliphatic carbocycles. The normalized spacial score (nSPS) is 13.7. The first-order valence-electron chi connectivity index (χ1n) is 7.20. The van der Waals surface area contributed by atoms with Gasteiger partial charge in [0, 0.05) is 16.9 Å². The van der Waals surface area contributed by atoms with Crippen molar-refractivity contribution in [1.82, 2.24) is 4.98 Å². The molecule has 0 saturated heterocycles. The van der Waals surface area contributed by atoms with E-state index in [2.05, 4.69) is 36.8 Å². The molecule has 1 aromatic heterocycles. The largest absolute Gasteiger partial charge is 0.458 e. The van der Waals surface area contributed by atoms with Crippen molar-refractivity contribution >= 4 is 37.9 Å². The molecule has 0 spiro atoms. The maximum atomic E-state index is 10.7. The molecule has 2 aromatic rings. The van der Waals surface area contributed by atoms with Crippen LogP contribution in [-0.2, 0) is 0 Å². The van der Waals surface area contributed by atoms with Crippen molar-refractivity contribution in [3.05, 3.63) is 63.0 Å². The van der Waals surface area contributed by atoms with Crippen LogP contribution in [0.4, 0.5) is 0 Å². The minimum absolute atomic E-state index is 0.351. The van der Waals surface area contributed by atoms with Gasteiger partial charge in [-0.05, 0) is 57.2 Å². The maximum Gasteiger partial charge on any atom is 0.141 e. The van der Waals surface area contributed by atoms with Crippen LogP contribution >= 0.6 is 31.9 Å². The van der Waals surface area contributed by atoms with E-state index in [0.717, 1.165) is 14.5 Å².